The molecule has 4 heteroatoms. The summed E-state index contributed by atoms with van der Waals surface area (Å²) in [5.41, 5.74) is 0. The highest BCUT2D eigenvalue weighted by atomic mass is 35.5. The zero-order valence-corrected chi connectivity index (χ0v) is 12.2. The van der Waals surface area contributed by atoms with Gasteiger partial charge in [-0.3, -0.25) is 0 Å². The Morgan fingerprint density at radius 2 is 1.82 bits per heavy atom. The molecule has 2 nitrogen and oxygen atoms in total. The van der Waals surface area contributed by atoms with Crippen LogP contribution in [0.2, 0.25) is 10.0 Å². The van der Waals surface area contributed by atoms with Crippen LogP contribution < -0.4 is 4.74 Å². The minimum atomic E-state index is 0.444. The molecule has 17 heavy (non-hydrogen) atoms. The zero-order valence-electron chi connectivity index (χ0n) is 10.7. The Morgan fingerprint density at radius 1 is 1.18 bits per heavy atom. The molecule has 0 aliphatic carbocycles. The van der Waals surface area contributed by atoms with E-state index in [1.807, 2.05) is 6.07 Å². The summed E-state index contributed by atoms with van der Waals surface area (Å²) in [7, 11) is 4.14. The van der Waals surface area contributed by atoms with E-state index in [4.69, 9.17) is 27.9 Å². The Morgan fingerprint density at radius 3 is 2.35 bits per heavy atom. The van der Waals surface area contributed by atoms with E-state index in [9.17, 15) is 0 Å². The molecule has 0 saturated carbocycles. The number of halogens is 2. The summed E-state index contributed by atoms with van der Waals surface area (Å²) in [5, 5.41) is 1.08. The fourth-order valence-corrected chi connectivity index (χ4v) is 1.73. The van der Waals surface area contributed by atoms with Gasteiger partial charge in [0, 0.05) is 18.0 Å². The van der Waals surface area contributed by atoms with E-state index in [0.29, 0.717) is 28.6 Å². The summed E-state index contributed by atoms with van der Waals surface area (Å²) in [5.74, 6) is 1.21. The van der Waals surface area contributed by atoms with E-state index in [1.165, 1.54) is 0 Å². The Balaban J connectivity index is 2.53. The Bertz CT molecular complexity index is 368. The van der Waals surface area contributed by atoms with Crippen molar-refractivity contribution in [2.75, 3.05) is 20.7 Å². The highest BCUT2D eigenvalue weighted by Gasteiger charge is 2.14. The molecule has 0 spiro atoms. The van der Waals surface area contributed by atoms with Gasteiger partial charge in [0.15, 0.2) is 0 Å². The summed E-state index contributed by atoms with van der Waals surface area (Å²) in [6, 6.07) is 5.80. The highest BCUT2D eigenvalue weighted by molar-refractivity contribution is 6.42. The van der Waals surface area contributed by atoms with Gasteiger partial charge in [-0.2, -0.15) is 0 Å². The number of benzene rings is 1. The third kappa shape index (κ3) is 4.38. The van der Waals surface area contributed by atoms with Crippen LogP contribution in [0.15, 0.2) is 18.2 Å². The minimum absolute atomic E-state index is 0.444. The first-order chi connectivity index (χ1) is 7.91. The van der Waals surface area contributed by atoms with Crippen molar-refractivity contribution >= 4 is 23.2 Å². The van der Waals surface area contributed by atoms with Crippen LogP contribution in [-0.2, 0) is 0 Å². The van der Waals surface area contributed by atoms with Gasteiger partial charge >= 0.3 is 0 Å². The van der Waals surface area contributed by atoms with Crippen molar-refractivity contribution in [1.82, 2.24) is 4.90 Å². The molecule has 0 aromatic heterocycles. The molecule has 0 radical (unpaired) electrons. The van der Waals surface area contributed by atoms with Crippen molar-refractivity contribution in [2.24, 2.45) is 5.92 Å². The van der Waals surface area contributed by atoms with Crippen LogP contribution in [0.4, 0.5) is 0 Å². The van der Waals surface area contributed by atoms with Gasteiger partial charge in [-0.15, -0.1) is 0 Å². The van der Waals surface area contributed by atoms with Gasteiger partial charge in [-0.25, -0.2) is 0 Å². The van der Waals surface area contributed by atoms with Gasteiger partial charge in [-0.05, 0) is 33.2 Å². The Labute approximate surface area is 113 Å². The van der Waals surface area contributed by atoms with Gasteiger partial charge < -0.3 is 9.64 Å². The van der Waals surface area contributed by atoms with Crippen LogP contribution in [0.25, 0.3) is 0 Å². The largest absolute Gasteiger partial charge is 0.493 e. The van der Waals surface area contributed by atoms with Crippen LogP contribution >= 0.6 is 23.2 Å². The average Bonchev–Trinajstić information content (AvgIpc) is 2.29. The van der Waals surface area contributed by atoms with Crippen molar-refractivity contribution in [3.8, 4) is 5.75 Å². The zero-order chi connectivity index (χ0) is 13.0. The molecular weight excluding hydrogens is 257 g/mol. The van der Waals surface area contributed by atoms with Gasteiger partial charge in [0.25, 0.3) is 0 Å². The lowest BCUT2D eigenvalue weighted by Gasteiger charge is -2.26. The van der Waals surface area contributed by atoms with Gasteiger partial charge in [0.05, 0.1) is 16.7 Å². The maximum absolute atomic E-state index is 5.92. The number of ether oxygens (including phenoxy) is 1. The number of nitrogens with zero attached hydrogens (tertiary/aromatic N) is 1. The molecule has 0 N–H and O–H groups in total. The lowest BCUT2D eigenvalue weighted by molar-refractivity contribution is 0.169. The topological polar surface area (TPSA) is 12.5 Å². The minimum Gasteiger partial charge on any atom is -0.493 e. The molecule has 2 atom stereocenters. The fourth-order valence-electron chi connectivity index (χ4n) is 1.44. The molecule has 0 aliphatic rings. The van der Waals surface area contributed by atoms with Crippen LogP contribution in [0, 0.1) is 5.92 Å². The normalized spacial score (nSPS) is 14.8. The summed E-state index contributed by atoms with van der Waals surface area (Å²) in [4.78, 5) is 2.18. The number of hydrogen-bond acceptors (Lipinski definition) is 2. The SMILES string of the molecule is C[C@H](COc1ccc(Cl)c(Cl)c1)[C@H](C)N(C)C. The second-order valence-corrected chi connectivity index (χ2v) is 5.38. The molecule has 1 aromatic rings. The fraction of sp³-hybridized carbons (Fsp3) is 0.538. The number of hydrogen-bond donors (Lipinski definition) is 0. The van der Waals surface area contributed by atoms with Crippen LogP contribution in [0.5, 0.6) is 5.75 Å². The molecule has 0 saturated heterocycles. The standard InChI is InChI=1S/C13H19Cl2NO/c1-9(10(2)16(3)4)8-17-11-5-6-12(14)13(15)7-11/h5-7,9-10H,8H2,1-4H3/t9-,10+/m1/s1. The molecule has 0 amide bonds. The monoisotopic (exact) mass is 275 g/mol. The second kappa shape index (κ2) is 6.48. The van der Waals surface area contributed by atoms with E-state index in [-0.39, 0.29) is 0 Å². The van der Waals surface area contributed by atoms with Crippen LogP contribution in [0.1, 0.15) is 13.8 Å². The van der Waals surface area contributed by atoms with E-state index in [0.717, 1.165) is 5.75 Å². The second-order valence-electron chi connectivity index (χ2n) is 4.57. The summed E-state index contributed by atoms with van der Waals surface area (Å²) in [6.45, 7) is 5.02. The molecule has 96 valence electrons. The van der Waals surface area contributed by atoms with Crippen molar-refractivity contribution in [3.63, 3.8) is 0 Å². The van der Waals surface area contributed by atoms with Gasteiger partial charge in [-0.1, -0.05) is 30.1 Å². The van der Waals surface area contributed by atoms with Gasteiger partial charge in [0.1, 0.15) is 5.75 Å². The van der Waals surface area contributed by atoms with Crippen LogP contribution in [0.3, 0.4) is 0 Å². The number of rotatable bonds is 5. The van der Waals surface area contributed by atoms with E-state index < -0.39 is 0 Å². The molecule has 0 aliphatic heterocycles. The smallest absolute Gasteiger partial charge is 0.120 e. The quantitative estimate of drug-likeness (QED) is 0.807. The first-order valence-electron chi connectivity index (χ1n) is 5.66. The van der Waals surface area contributed by atoms with Crippen molar-refractivity contribution in [1.29, 1.82) is 0 Å². The van der Waals surface area contributed by atoms with E-state index in [1.54, 1.807) is 12.1 Å². The van der Waals surface area contributed by atoms with E-state index in [2.05, 4.69) is 32.8 Å². The highest BCUT2D eigenvalue weighted by Crippen LogP contribution is 2.26. The molecule has 1 rings (SSSR count). The predicted octanol–water partition coefficient (Wildman–Crippen LogP) is 3.96. The van der Waals surface area contributed by atoms with Crippen LogP contribution in [-0.4, -0.2) is 31.6 Å². The lowest BCUT2D eigenvalue weighted by Crippen LogP contribution is -2.34. The maximum Gasteiger partial charge on any atom is 0.120 e. The third-order valence-corrected chi connectivity index (χ3v) is 3.78. The predicted molar refractivity (Wildman–Crippen MR) is 74.3 cm³/mol. The van der Waals surface area contributed by atoms with Crippen molar-refractivity contribution < 1.29 is 4.74 Å². The summed E-state index contributed by atoms with van der Waals surface area (Å²) < 4.78 is 5.71. The molecule has 0 fully saturated rings. The molecular formula is C13H19Cl2NO. The summed E-state index contributed by atoms with van der Waals surface area (Å²) in [6.07, 6.45) is 0. The Hall–Kier alpha value is -0.440. The molecule has 0 unspecified atom stereocenters. The third-order valence-electron chi connectivity index (χ3n) is 3.04. The Kier molecular flexibility index (Phi) is 5.57. The van der Waals surface area contributed by atoms with Gasteiger partial charge in [0.2, 0.25) is 0 Å². The first kappa shape index (κ1) is 14.6. The molecule has 0 bridgehead atoms. The van der Waals surface area contributed by atoms with Crippen molar-refractivity contribution in [2.45, 2.75) is 19.9 Å². The lowest BCUT2D eigenvalue weighted by atomic mass is 10.0. The summed E-state index contributed by atoms with van der Waals surface area (Å²) >= 11 is 11.8. The molecule has 1 aromatic carbocycles. The first-order valence-corrected chi connectivity index (χ1v) is 6.41. The van der Waals surface area contributed by atoms with Crippen molar-refractivity contribution in [3.05, 3.63) is 28.2 Å². The maximum atomic E-state index is 5.92. The molecule has 0 heterocycles. The van der Waals surface area contributed by atoms with E-state index >= 15 is 0 Å². The average molecular weight is 276 g/mol.